The van der Waals surface area contributed by atoms with Crippen molar-refractivity contribution in [3.05, 3.63) is 0 Å². The quantitative estimate of drug-likeness (QED) is 0.0354. The van der Waals surface area contributed by atoms with Crippen LogP contribution in [0.1, 0.15) is 247 Å². The molecule has 0 heterocycles. The van der Waals surface area contributed by atoms with Gasteiger partial charge in [0.25, 0.3) is 0 Å². The van der Waals surface area contributed by atoms with Gasteiger partial charge in [0.05, 0.1) is 0 Å². The summed E-state index contributed by atoms with van der Waals surface area (Å²) in [5, 5.41) is 0. The number of hydrogen-bond donors (Lipinski definition) is 0. The molecular weight excluding hydrogens is 649 g/mol. The number of rotatable bonds is 40. The monoisotopic (exact) mass is 737 g/mol. The van der Waals surface area contributed by atoms with Crippen LogP contribution >= 0.6 is 0 Å². The third-order valence-electron chi connectivity index (χ3n) is 10.2. The summed E-state index contributed by atoms with van der Waals surface area (Å²) in [6.07, 6.45) is 36.8. The lowest BCUT2D eigenvalue weighted by Crippen LogP contribution is -2.30. The van der Waals surface area contributed by atoms with Crippen molar-refractivity contribution in [2.45, 2.75) is 253 Å². The van der Waals surface area contributed by atoms with E-state index in [4.69, 9.17) is 14.2 Å². The maximum Gasteiger partial charge on any atom is 0.306 e. The fourth-order valence-corrected chi connectivity index (χ4v) is 6.75. The van der Waals surface area contributed by atoms with Crippen molar-refractivity contribution in [3.63, 3.8) is 0 Å². The van der Waals surface area contributed by atoms with Gasteiger partial charge in [-0.3, -0.25) is 14.4 Å². The molecule has 0 unspecified atom stereocenters. The molecule has 1 atom stereocenters. The second-order valence-electron chi connectivity index (χ2n) is 16.6. The molecule has 6 heteroatoms. The lowest BCUT2D eigenvalue weighted by atomic mass is 10.0. The van der Waals surface area contributed by atoms with Gasteiger partial charge in [0.1, 0.15) is 13.2 Å². The first kappa shape index (κ1) is 50.4. The average Bonchev–Trinajstić information content (AvgIpc) is 3.11. The van der Waals surface area contributed by atoms with Gasteiger partial charge in [-0.05, 0) is 31.1 Å². The fourth-order valence-electron chi connectivity index (χ4n) is 6.75. The van der Waals surface area contributed by atoms with Gasteiger partial charge in [-0.15, -0.1) is 0 Å². The van der Waals surface area contributed by atoms with Gasteiger partial charge >= 0.3 is 17.9 Å². The van der Waals surface area contributed by atoms with Crippen molar-refractivity contribution in [2.75, 3.05) is 13.2 Å². The number of esters is 3. The molecule has 0 bridgehead atoms. The van der Waals surface area contributed by atoms with Crippen molar-refractivity contribution < 1.29 is 28.6 Å². The van der Waals surface area contributed by atoms with Crippen molar-refractivity contribution >= 4 is 17.9 Å². The molecule has 0 aliphatic rings. The van der Waals surface area contributed by atoms with Gasteiger partial charge in [0.15, 0.2) is 6.10 Å². The number of unbranched alkanes of at least 4 members (excludes halogenated alkanes) is 25. The van der Waals surface area contributed by atoms with E-state index in [2.05, 4.69) is 34.6 Å². The highest BCUT2D eigenvalue weighted by Crippen LogP contribution is 2.16. The van der Waals surface area contributed by atoms with Gasteiger partial charge < -0.3 is 14.2 Å². The molecular formula is C46H88O6. The number of hydrogen-bond acceptors (Lipinski definition) is 6. The van der Waals surface area contributed by atoms with Gasteiger partial charge in [0, 0.05) is 19.3 Å². The van der Waals surface area contributed by atoms with Crippen molar-refractivity contribution in [1.29, 1.82) is 0 Å². The zero-order chi connectivity index (χ0) is 38.3. The van der Waals surface area contributed by atoms with E-state index in [-0.39, 0.29) is 31.1 Å². The molecule has 0 aliphatic heterocycles. The number of carbonyl (C=O) groups excluding carboxylic acids is 3. The third kappa shape index (κ3) is 39.6. The van der Waals surface area contributed by atoms with E-state index < -0.39 is 6.10 Å². The van der Waals surface area contributed by atoms with Crippen LogP contribution in [0.2, 0.25) is 0 Å². The maximum atomic E-state index is 12.6. The second kappa shape index (κ2) is 39.1. The molecule has 0 aromatic carbocycles. The van der Waals surface area contributed by atoms with Crippen LogP contribution in [-0.2, 0) is 28.6 Å². The van der Waals surface area contributed by atoms with Crippen molar-refractivity contribution in [1.82, 2.24) is 0 Å². The summed E-state index contributed by atoms with van der Waals surface area (Å²) in [5.74, 6) is 0.760. The van der Waals surface area contributed by atoms with E-state index in [9.17, 15) is 14.4 Å². The zero-order valence-corrected chi connectivity index (χ0v) is 35.4. The van der Waals surface area contributed by atoms with Crippen LogP contribution < -0.4 is 0 Å². The standard InChI is InChI=1S/C46H88O6/c1-6-7-8-9-19-28-33-38-46(49)52-43(40-51-45(48)37-32-27-23-18-21-25-30-35-42(4)5)39-50-44(47)36-31-26-22-17-15-13-11-10-12-14-16-20-24-29-34-41(2)3/h41-43H,6-40H2,1-5H3/t43-/m1/s1. The van der Waals surface area contributed by atoms with Crippen molar-refractivity contribution in [2.24, 2.45) is 11.8 Å². The van der Waals surface area contributed by atoms with Crippen LogP contribution in [0.25, 0.3) is 0 Å². The Balaban J connectivity index is 4.19. The Morgan fingerprint density at radius 2 is 0.635 bits per heavy atom. The van der Waals surface area contributed by atoms with Gasteiger partial charge in [-0.1, -0.05) is 208 Å². The molecule has 6 nitrogen and oxygen atoms in total. The SMILES string of the molecule is CCCCCCCCCC(=O)O[C@H](COC(=O)CCCCCCCCCCCCCCCCC(C)C)COC(=O)CCCCCCCCCC(C)C. The lowest BCUT2D eigenvalue weighted by Gasteiger charge is -2.18. The van der Waals surface area contributed by atoms with E-state index in [1.165, 1.54) is 135 Å². The lowest BCUT2D eigenvalue weighted by molar-refractivity contribution is -0.167. The summed E-state index contributed by atoms with van der Waals surface area (Å²) in [6.45, 7) is 11.3. The first-order chi connectivity index (χ1) is 25.2. The van der Waals surface area contributed by atoms with E-state index in [1.807, 2.05) is 0 Å². The Morgan fingerprint density at radius 3 is 0.942 bits per heavy atom. The summed E-state index contributed by atoms with van der Waals surface area (Å²) < 4.78 is 16.6. The minimum Gasteiger partial charge on any atom is -0.462 e. The highest BCUT2D eigenvalue weighted by molar-refractivity contribution is 5.71. The normalized spacial score (nSPS) is 12.1. The predicted molar refractivity (Wildman–Crippen MR) is 220 cm³/mol. The molecule has 0 saturated heterocycles. The molecule has 0 spiro atoms. The summed E-state index contributed by atoms with van der Waals surface area (Å²) in [5.41, 5.74) is 0. The predicted octanol–water partition coefficient (Wildman–Crippen LogP) is 14.2. The number of ether oxygens (including phenoxy) is 3. The summed E-state index contributed by atoms with van der Waals surface area (Å²) >= 11 is 0. The Hall–Kier alpha value is -1.59. The van der Waals surface area contributed by atoms with E-state index in [0.717, 1.165) is 69.6 Å². The minimum atomic E-state index is -0.759. The Morgan fingerprint density at radius 1 is 0.365 bits per heavy atom. The second-order valence-corrected chi connectivity index (χ2v) is 16.6. The maximum absolute atomic E-state index is 12.6. The van der Waals surface area contributed by atoms with Gasteiger partial charge in [0.2, 0.25) is 0 Å². The fraction of sp³-hybridized carbons (Fsp3) is 0.935. The topological polar surface area (TPSA) is 78.9 Å². The largest absolute Gasteiger partial charge is 0.462 e. The molecule has 52 heavy (non-hydrogen) atoms. The van der Waals surface area contributed by atoms with Crippen molar-refractivity contribution in [3.8, 4) is 0 Å². The summed E-state index contributed by atoms with van der Waals surface area (Å²) in [6, 6.07) is 0. The molecule has 308 valence electrons. The Bertz CT molecular complexity index is 794. The molecule has 0 amide bonds. The highest BCUT2D eigenvalue weighted by atomic mass is 16.6. The van der Waals surface area contributed by atoms with Crippen LogP contribution in [0.15, 0.2) is 0 Å². The molecule has 0 N–H and O–H groups in total. The summed E-state index contributed by atoms with van der Waals surface area (Å²) in [4.78, 5) is 37.5. The molecule has 0 aliphatic carbocycles. The molecule has 0 aromatic rings. The zero-order valence-electron chi connectivity index (χ0n) is 35.4. The van der Waals surface area contributed by atoms with Crippen LogP contribution in [0, 0.1) is 11.8 Å². The van der Waals surface area contributed by atoms with Crippen LogP contribution in [-0.4, -0.2) is 37.2 Å². The van der Waals surface area contributed by atoms with Gasteiger partial charge in [-0.25, -0.2) is 0 Å². The molecule has 0 rings (SSSR count). The van der Waals surface area contributed by atoms with Crippen LogP contribution in [0.5, 0.6) is 0 Å². The van der Waals surface area contributed by atoms with E-state index in [1.54, 1.807) is 0 Å². The highest BCUT2D eigenvalue weighted by Gasteiger charge is 2.19. The average molecular weight is 737 g/mol. The molecule has 0 radical (unpaired) electrons. The van der Waals surface area contributed by atoms with E-state index >= 15 is 0 Å². The minimum absolute atomic E-state index is 0.0657. The molecule has 0 fully saturated rings. The first-order valence-corrected chi connectivity index (χ1v) is 22.7. The van der Waals surface area contributed by atoms with Gasteiger partial charge in [-0.2, -0.15) is 0 Å². The molecule has 0 aromatic heterocycles. The Kier molecular flexibility index (Phi) is 37.9. The smallest absolute Gasteiger partial charge is 0.306 e. The molecule has 0 saturated carbocycles. The number of carbonyl (C=O) groups is 3. The Labute approximate surface area is 323 Å². The summed E-state index contributed by atoms with van der Waals surface area (Å²) in [7, 11) is 0. The van der Waals surface area contributed by atoms with Crippen LogP contribution in [0.3, 0.4) is 0 Å². The van der Waals surface area contributed by atoms with Crippen LogP contribution in [0.4, 0.5) is 0 Å². The third-order valence-corrected chi connectivity index (χ3v) is 10.2. The van der Waals surface area contributed by atoms with E-state index in [0.29, 0.717) is 19.3 Å². The first-order valence-electron chi connectivity index (χ1n) is 22.7.